The number of hydrogen-bond donors (Lipinski definition) is 1. The van der Waals surface area contributed by atoms with Gasteiger partial charge in [-0.15, -0.1) is 0 Å². The van der Waals surface area contributed by atoms with Crippen LogP contribution in [0.25, 0.3) is 11.0 Å². The molecular weight excluding hydrogens is 324 g/mol. The third-order valence-electron chi connectivity index (χ3n) is 4.28. The summed E-state index contributed by atoms with van der Waals surface area (Å²) in [6, 6.07) is 7.80. The number of hydrogen-bond acceptors (Lipinski definition) is 5. The summed E-state index contributed by atoms with van der Waals surface area (Å²) < 4.78 is 5.93. The molecule has 0 aliphatic carbocycles. The van der Waals surface area contributed by atoms with E-state index in [1.807, 2.05) is 29.2 Å². The van der Waals surface area contributed by atoms with Crippen LogP contribution in [0.4, 0.5) is 0 Å². The molecular formula is C17H18N4O2S. The number of benzene rings is 1. The number of thioether (sulfide) groups is 1. The summed E-state index contributed by atoms with van der Waals surface area (Å²) in [6.07, 6.45) is 4.80. The van der Waals surface area contributed by atoms with Gasteiger partial charge in [-0.2, -0.15) is 5.10 Å². The fourth-order valence-corrected chi connectivity index (χ4v) is 3.87. The molecule has 24 heavy (non-hydrogen) atoms. The Hall–Kier alpha value is -2.28. The van der Waals surface area contributed by atoms with Crippen molar-refractivity contribution in [3.05, 3.63) is 41.9 Å². The zero-order valence-electron chi connectivity index (χ0n) is 13.2. The summed E-state index contributed by atoms with van der Waals surface area (Å²) in [4.78, 5) is 19.0. The van der Waals surface area contributed by atoms with Gasteiger partial charge in [0.15, 0.2) is 10.9 Å². The minimum atomic E-state index is -0.000861. The summed E-state index contributed by atoms with van der Waals surface area (Å²) in [5.74, 6) is 1.07. The molecule has 0 radical (unpaired) electrons. The number of rotatable bonds is 4. The summed E-state index contributed by atoms with van der Waals surface area (Å²) in [6.45, 7) is 1.62. The van der Waals surface area contributed by atoms with Crippen molar-refractivity contribution in [2.24, 2.45) is 0 Å². The van der Waals surface area contributed by atoms with Crippen molar-refractivity contribution < 1.29 is 9.21 Å². The summed E-state index contributed by atoms with van der Waals surface area (Å²) in [5, 5.41) is 8.42. The van der Waals surface area contributed by atoms with Crippen LogP contribution in [-0.2, 0) is 5.75 Å². The van der Waals surface area contributed by atoms with E-state index in [2.05, 4.69) is 15.2 Å². The third kappa shape index (κ3) is 2.91. The van der Waals surface area contributed by atoms with Gasteiger partial charge in [0.1, 0.15) is 11.9 Å². The number of fused-ring (bicyclic) bond motifs is 1. The van der Waals surface area contributed by atoms with E-state index in [4.69, 9.17) is 4.42 Å². The fourth-order valence-electron chi connectivity index (χ4n) is 3.06. The lowest BCUT2D eigenvalue weighted by atomic mass is 10.1. The normalized spacial score (nSPS) is 15.1. The van der Waals surface area contributed by atoms with Crippen LogP contribution in [0, 0.1) is 0 Å². The molecule has 1 saturated heterocycles. The Morgan fingerprint density at radius 1 is 1.25 bits per heavy atom. The first kappa shape index (κ1) is 15.3. The van der Waals surface area contributed by atoms with Crippen molar-refractivity contribution in [2.75, 3.05) is 13.1 Å². The Labute approximate surface area is 143 Å². The molecule has 7 heteroatoms. The van der Waals surface area contributed by atoms with Crippen LogP contribution < -0.4 is 0 Å². The van der Waals surface area contributed by atoms with Crippen LogP contribution in [0.2, 0.25) is 0 Å². The Morgan fingerprint density at radius 2 is 2.08 bits per heavy atom. The predicted molar refractivity (Wildman–Crippen MR) is 91.9 cm³/mol. The van der Waals surface area contributed by atoms with Gasteiger partial charge in [-0.1, -0.05) is 30.0 Å². The minimum Gasteiger partial charge on any atom is -0.451 e. The molecule has 0 spiro atoms. The highest BCUT2D eigenvalue weighted by Gasteiger charge is 2.26. The van der Waals surface area contributed by atoms with Gasteiger partial charge in [0, 0.05) is 29.8 Å². The maximum atomic E-state index is 12.9. The van der Waals surface area contributed by atoms with E-state index in [0.717, 1.165) is 47.6 Å². The first-order chi connectivity index (χ1) is 11.8. The third-order valence-corrected chi connectivity index (χ3v) is 5.19. The number of nitrogens with zero attached hydrogens (tertiary/aromatic N) is 3. The molecule has 1 N–H and O–H groups in total. The molecule has 3 heterocycles. The van der Waals surface area contributed by atoms with E-state index < -0.39 is 0 Å². The molecule has 4 rings (SSSR count). The molecule has 0 saturated carbocycles. The van der Waals surface area contributed by atoms with Crippen LogP contribution in [0.5, 0.6) is 0 Å². The largest absolute Gasteiger partial charge is 0.451 e. The van der Waals surface area contributed by atoms with Crippen LogP contribution in [0.1, 0.15) is 35.4 Å². The highest BCUT2D eigenvalue weighted by atomic mass is 32.2. The fraction of sp³-hybridized carbons (Fsp3) is 0.353. The maximum absolute atomic E-state index is 12.9. The van der Waals surface area contributed by atoms with Crippen molar-refractivity contribution in [3.8, 4) is 0 Å². The number of aromatic nitrogens is 3. The molecule has 1 aromatic carbocycles. The Kier molecular flexibility index (Phi) is 4.25. The second-order valence-electron chi connectivity index (χ2n) is 5.84. The van der Waals surface area contributed by atoms with Crippen molar-refractivity contribution in [3.63, 3.8) is 0 Å². The minimum absolute atomic E-state index is 0.000861. The zero-order chi connectivity index (χ0) is 16.4. The van der Waals surface area contributed by atoms with Crippen LogP contribution >= 0.6 is 11.8 Å². The number of H-pyrrole nitrogens is 1. The van der Waals surface area contributed by atoms with Crippen molar-refractivity contribution in [1.82, 2.24) is 20.1 Å². The molecule has 2 aromatic heterocycles. The van der Waals surface area contributed by atoms with Gasteiger partial charge in [0.25, 0.3) is 5.91 Å². The van der Waals surface area contributed by atoms with E-state index in [1.165, 1.54) is 24.5 Å². The highest BCUT2D eigenvalue weighted by Crippen LogP contribution is 2.32. The van der Waals surface area contributed by atoms with Crippen LogP contribution in [-0.4, -0.2) is 39.1 Å². The summed E-state index contributed by atoms with van der Waals surface area (Å²) >= 11 is 1.52. The smallest absolute Gasteiger partial charge is 0.289 e. The lowest BCUT2D eigenvalue weighted by Gasteiger charge is -2.26. The van der Waals surface area contributed by atoms with Gasteiger partial charge in [0.05, 0.1) is 0 Å². The second-order valence-corrected chi connectivity index (χ2v) is 6.80. The molecule has 0 unspecified atom stereocenters. The Bertz CT molecular complexity index is 838. The zero-order valence-corrected chi connectivity index (χ0v) is 14.0. The molecule has 1 aliphatic rings. The molecule has 1 fully saturated rings. The number of carbonyl (C=O) groups is 1. The van der Waals surface area contributed by atoms with Gasteiger partial charge in [-0.05, 0) is 25.3 Å². The topological polar surface area (TPSA) is 75.0 Å². The molecule has 1 aliphatic heterocycles. The van der Waals surface area contributed by atoms with Gasteiger partial charge in [-0.25, -0.2) is 4.98 Å². The van der Waals surface area contributed by atoms with Crippen molar-refractivity contribution >= 4 is 28.6 Å². The summed E-state index contributed by atoms with van der Waals surface area (Å²) in [7, 11) is 0. The number of para-hydroxylation sites is 1. The average molecular weight is 342 g/mol. The predicted octanol–water partition coefficient (Wildman–Crippen LogP) is 3.47. The lowest BCUT2D eigenvalue weighted by molar-refractivity contribution is 0.0693. The number of piperidine rings is 1. The van der Waals surface area contributed by atoms with Gasteiger partial charge in [0.2, 0.25) is 0 Å². The number of carbonyl (C=O) groups excluding carboxylic acids is 1. The van der Waals surface area contributed by atoms with Gasteiger partial charge in [-0.3, -0.25) is 9.89 Å². The lowest BCUT2D eigenvalue weighted by Crippen LogP contribution is -2.35. The monoisotopic (exact) mass is 342 g/mol. The first-order valence-electron chi connectivity index (χ1n) is 8.11. The maximum Gasteiger partial charge on any atom is 0.289 e. The van der Waals surface area contributed by atoms with Gasteiger partial charge < -0.3 is 9.32 Å². The number of amides is 1. The molecule has 1 amide bonds. The number of furan rings is 1. The second kappa shape index (κ2) is 6.68. The Morgan fingerprint density at radius 3 is 2.88 bits per heavy atom. The molecule has 3 aromatic rings. The molecule has 0 atom stereocenters. The molecule has 6 nitrogen and oxygen atoms in total. The van der Waals surface area contributed by atoms with Gasteiger partial charge >= 0.3 is 0 Å². The van der Waals surface area contributed by atoms with Crippen molar-refractivity contribution in [2.45, 2.75) is 30.2 Å². The van der Waals surface area contributed by atoms with E-state index >= 15 is 0 Å². The average Bonchev–Trinajstić information content (AvgIpc) is 3.27. The Balaban J connectivity index is 1.67. The first-order valence-corrected chi connectivity index (χ1v) is 9.09. The SMILES string of the molecule is O=C(c1oc2ccccc2c1CSc1ncn[nH]1)N1CCCCC1. The van der Waals surface area contributed by atoms with Crippen LogP contribution in [0.15, 0.2) is 40.2 Å². The summed E-state index contributed by atoms with van der Waals surface area (Å²) in [5.41, 5.74) is 1.69. The standard InChI is InChI=1S/C17H18N4O2S/c22-16(21-8-4-1-5-9-21)15-13(10-24-17-18-11-19-20-17)12-6-2-3-7-14(12)23-15/h2-3,6-7,11H,1,4-5,8-10H2,(H,18,19,20). The van der Waals surface area contributed by atoms with Crippen molar-refractivity contribution in [1.29, 1.82) is 0 Å². The molecule has 0 bridgehead atoms. The van der Waals surface area contributed by atoms with E-state index in [1.54, 1.807) is 0 Å². The number of aromatic amines is 1. The molecule has 124 valence electrons. The highest BCUT2D eigenvalue weighted by molar-refractivity contribution is 7.98. The van der Waals surface area contributed by atoms with E-state index in [-0.39, 0.29) is 5.91 Å². The van der Waals surface area contributed by atoms with Crippen LogP contribution in [0.3, 0.4) is 0 Å². The van der Waals surface area contributed by atoms with E-state index in [9.17, 15) is 4.79 Å². The number of likely N-dealkylation sites (tertiary alicyclic amines) is 1. The van der Waals surface area contributed by atoms with E-state index in [0.29, 0.717) is 11.5 Å². The quantitative estimate of drug-likeness (QED) is 0.735. The number of nitrogens with one attached hydrogen (secondary N) is 1.